The number of pyridine rings is 1. The summed E-state index contributed by atoms with van der Waals surface area (Å²) in [5.74, 6) is -4.46. The maximum absolute atomic E-state index is 14.7. The molecule has 0 atom stereocenters. The number of hydrogen-bond acceptors (Lipinski definition) is 5. The third-order valence-corrected chi connectivity index (χ3v) is 4.84. The lowest BCUT2D eigenvalue weighted by molar-refractivity contribution is -0.0102. The fourth-order valence-corrected chi connectivity index (χ4v) is 3.32. The fraction of sp³-hybridized carbons (Fsp3) is 0.400. The van der Waals surface area contributed by atoms with Crippen molar-refractivity contribution in [2.45, 2.75) is 37.0 Å². The highest BCUT2D eigenvalue weighted by atomic mass is 35.5. The van der Waals surface area contributed by atoms with Crippen molar-refractivity contribution < 1.29 is 23.1 Å². The van der Waals surface area contributed by atoms with Crippen LogP contribution >= 0.6 is 24.2 Å². The van der Waals surface area contributed by atoms with Gasteiger partial charge in [-0.3, -0.25) is 4.79 Å². The SMILES string of the molecule is CCO.O=C(Nc1cccc(S)c1)c1c(N2CCCC(F)(F)CC2)ncc(Cl)c1F. The minimum atomic E-state index is -2.78. The second-order valence-corrected chi connectivity index (χ2v) is 7.56. The molecule has 5 nitrogen and oxygen atoms in total. The summed E-state index contributed by atoms with van der Waals surface area (Å²) >= 11 is 10.0. The number of amides is 1. The van der Waals surface area contributed by atoms with Gasteiger partial charge in [-0.2, -0.15) is 0 Å². The lowest BCUT2D eigenvalue weighted by atomic mass is 10.1. The lowest BCUT2D eigenvalue weighted by Crippen LogP contribution is -2.30. The maximum atomic E-state index is 14.7. The molecule has 0 saturated carbocycles. The second kappa shape index (κ2) is 10.9. The van der Waals surface area contributed by atoms with Crippen LogP contribution in [0.1, 0.15) is 36.5 Å². The van der Waals surface area contributed by atoms with Gasteiger partial charge in [-0.1, -0.05) is 17.7 Å². The monoisotopic (exact) mass is 461 g/mol. The maximum Gasteiger partial charge on any atom is 0.262 e. The summed E-state index contributed by atoms with van der Waals surface area (Å²) in [7, 11) is 0. The van der Waals surface area contributed by atoms with E-state index in [-0.39, 0.29) is 55.4 Å². The van der Waals surface area contributed by atoms with Gasteiger partial charge in [0, 0.05) is 43.1 Å². The first-order valence-electron chi connectivity index (χ1n) is 9.36. The molecular weight excluding hydrogens is 439 g/mol. The smallest absolute Gasteiger partial charge is 0.262 e. The number of thiol groups is 1. The molecule has 1 aliphatic heterocycles. The molecule has 0 spiro atoms. The lowest BCUT2D eigenvalue weighted by Gasteiger charge is -2.24. The molecule has 2 aromatic rings. The molecule has 1 aliphatic rings. The Bertz CT molecular complexity index is 886. The quantitative estimate of drug-likeness (QED) is 0.560. The van der Waals surface area contributed by atoms with E-state index in [9.17, 15) is 18.0 Å². The van der Waals surface area contributed by atoms with Crippen LogP contribution in [0, 0.1) is 5.82 Å². The zero-order valence-electron chi connectivity index (χ0n) is 16.3. The van der Waals surface area contributed by atoms with E-state index < -0.39 is 17.6 Å². The average molecular weight is 462 g/mol. The minimum Gasteiger partial charge on any atom is -0.397 e. The Morgan fingerprint density at radius 2 is 2.07 bits per heavy atom. The molecule has 1 aromatic carbocycles. The highest BCUT2D eigenvalue weighted by molar-refractivity contribution is 7.80. The number of aromatic nitrogens is 1. The van der Waals surface area contributed by atoms with E-state index in [2.05, 4.69) is 22.9 Å². The molecule has 1 saturated heterocycles. The zero-order valence-corrected chi connectivity index (χ0v) is 18.0. The van der Waals surface area contributed by atoms with Crippen LogP contribution < -0.4 is 10.2 Å². The number of rotatable bonds is 3. The van der Waals surface area contributed by atoms with Gasteiger partial charge in [-0.05, 0) is 31.5 Å². The number of carbonyl (C=O) groups is 1. The van der Waals surface area contributed by atoms with E-state index >= 15 is 0 Å². The van der Waals surface area contributed by atoms with Crippen LogP contribution in [0.5, 0.6) is 0 Å². The van der Waals surface area contributed by atoms with Crippen LogP contribution in [0.3, 0.4) is 0 Å². The molecule has 10 heteroatoms. The van der Waals surface area contributed by atoms with Crippen molar-refractivity contribution in [3.8, 4) is 0 Å². The van der Waals surface area contributed by atoms with Gasteiger partial charge in [-0.25, -0.2) is 18.2 Å². The van der Waals surface area contributed by atoms with E-state index in [1.807, 2.05) is 0 Å². The molecule has 1 aromatic heterocycles. The summed E-state index contributed by atoms with van der Waals surface area (Å²) in [5.41, 5.74) is 0.0532. The van der Waals surface area contributed by atoms with Crippen LogP contribution in [-0.2, 0) is 0 Å². The number of nitrogens with zero attached hydrogens (tertiary/aromatic N) is 2. The van der Waals surface area contributed by atoms with Gasteiger partial charge in [-0.15, -0.1) is 12.6 Å². The zero-order chi connectivity index (χ0) is 22.3. The molecule has 0 aliphatic carbocycles. The van der Waals surface area contributed by atoms with Gasteiger partial charge < -0.3 is 15.3 Å². The third kappa shape index (κ3) is 6.52. The predicted molar refractivity (Wildman–Crippen MR) is 115 cm³/mol. The highest BCUT2D eigenvalue weighted by Crippen LogP contribution is 2.32. The number of anilines is 2. The molecule has 0 bridgehead atoms. The number of halogens is 4. The van der Waals surface area contributed by atoms with Crippen molar-refractivity contribution in [3.05, 3.63) is 46.9 Å². The van der Waals surface area contributed by atoms with Crippen LogP contribution in [0.25, 0.3) is 0 Å². The Kier molecular flexibility index (Phi) is 8.81. The van der Waals surface area contributed by atoms with Crippen molar-refractivity contribution >= 4 is 41.6 Å². The van der Waals surface area contributed by atoms with Crippen LogP contribution in [0.4, 0.5) is 24.7 Å². The van der Waals surface area contributed by atoms with Crippen molar-refractivity contribution in [2.75, 3.05) is 29.9 Å². The number of nitrogens with one attached hydrogen (secondary N) is 1. The van der Waals surface area contributed by atoms with Crippen molar-refractivity contribution in [1.82, 2.24) is 4.98 Å². The molecule has 1 amide bonds. The summed E-state index contributed by atoms with van der Waals surface area (Å²) in [6, 6.07) is 6.63. The molecule has 2 N–H and O–H groups in total. The Morgan fingerprint density at radius 1 is 1.37 bits per heavy atom. The first-order valence-corrected chi connectivity index (χ1v) is 10.2. The van der Waals surface area contributed by atoms with Crippen LogP contribution in [0.2, 0.25) is 5.02 Å². The standard InChI is InChI=1S/C18H17ClF3N3OS.C2H6O/c19-13-10-23-16(25-7-2-5-18(21,22)6-8-25)14(15(13)20)17(26)24-11-3-1-4-12(27)9-11;1-2-3/h1,3-4,9-10,27H,2,5-8H2,(H,24,26);3H,2H2,1H3. The van der Waals surface area contributed by atoms with Crippen molar-refractivity contribution in [3.63, 3.8) is 0 Å². The molecule has 0 radical (unpaired) electrons. The van der Waals surface area contributed by atoms with Crippen LogP contribution in [0.15, 0.2) is 35.4 Å². The normalized spacial score (nSPS) is 15.6. The molecule has 30 heavy (non-hydrogen) atoms. The fourth-order valence-electron chi connectivity index (χ4n) is 2.95. The van der Waals surface area contributed by atoms with E-state index in [4.69, 9.17) is 16.7 Å². The number of aliphatic hydroxyl groups is 1. The number of hydrogen-bond donors (Lipinski definition) is 3. The Balaban J connectivity index is 0.00000101. The number of benzene rings is 1. The molecule has 2 heterocycles. The van der Waals surface area contributed by atoms with E-state index in [1.165, 1.54) is 4.90 Å². The van der Waals surface area contributed by atoms with E-state index in [0.717, 1.165) is 6.20 Å². The van der Waals surface area contributed by atoms with Gasteiger partial charge in [0.15, 0.2) is 5.82 Å². The topological polar surface area (TPSA) is 65.5 Å². The average Bonchev–Trinajstić information content (AvgIpc) is 2.85. The summed E-state index contributed by atoms with van der Waals surface area (Å²) in [5, 5.41) is 9.83. The summed E-state index contributed by atoms with van der Waals surface area (Å²) in [6.45, 7) is 2.14. The van der Waals surface area contributed by atoms with Crippen molar-refractivity contribution in [1.29, 1.82) is 0 Å². The van der Waals surface area contributed by atoms with Gasteiger partial charge >= 0.3 is 0 Å². The molecule has 0 unspecified atom stereocenters. The first-order chi connectivity index (χ1) is 14.2. The van der Waals surface area contributed by atoms with E-state index in [0.29, 0.717) is 10.6 Å². The number of carbonyl (C=O) groups excluding carboxylic acids is 1. The highest BCUT2D eigenvalue weighted by Gasteiger charge is 2.34. The van der Waals surface area contributed by atoms with Crippen LogP contribution in [-0.4, -0.2) is 41.6 Å². The van der Waals surface area contributed by atoms with Gasteiger partial charge in [0.25, 0.3) is 5.91 Å². The summed E-state index contributed by atoms with van der Waals surface area (Å²) in [6.07, 6.45) is 0.652. The Morgan fingerprint density at radius 3 is 2.73 bits per heavy atom. The molecular formula is C20H23ClF3N3O2S. The van der Waals surface area contributed by atoms with Crippen molar-refractivity contribution in [2.24, 2.45) is 0 Å². The summed E-state index contributed by atoms with van der Waals surface area (Å²) in [4.78, 5) is 18.9. The largest absolute Gasteiger partial charge is 0.397 e. The van der Waals surface area contributed by atoms with E-state index in [1.54, 1.807) is 31.2 Å². The minimum absolute atomic E-state index is 0.00845. The molecule has 3 rings (SSSR count). The number of aliphatic hydroxyl groups excluding tert-OH is 1. The van der Waals surface area contributed by atoms with Gasteiger partial charge in [0.05, 0.1) is 11.2 Å². The first kappa shape index (κ1) is 24.3. The molecule has 164 valence electrons. The van der Waals surface area contributed by atoms with Gasteiger partial charge in [0.1, 0.15) is 11.4 Å². The van der Waals surface area contributed by atoms with Gasteiger partial charge in [0.2, 0.25) is 5.92 Å². The number of alkyl halides is 2. The molecule has 1 fully saturated rings. The predicted octanol–water partition coefficient (Wildman–Crippen LogP) is 5.04. The third-order valence-electron chi connectivity index (χ3n) is 4.30. The second-order valence-electron chi connectivity index (χ2n) is 6.64. The Hall–Kier alpha value is -1.97. The Labute approximate surface area is 183 Å². The summed E-state index contributed by atoms with van der Waals surface area (Å²) < 4.78 is 42.0.